The largest absolute Gasteiger partial charge is 0.416 e. The average Bonchev–Trinajstić information content (AvgIpc) is 3.13. The summed E-state index contributed by atoms with van der Waals surface area (Å²) >= 11 is 7.36. The molecule has 0 saturated carbocycles. The number of amides is 1. The van der Waals surface area contributed by atoms with E-state index in [0.29, 0.717) is 53.1 Å². The van der Waals surface area contributed by atoms with Crippen LogP contribution in [0.3, 0.4) is 0 Å². The molecule has 6 nitrogen and oxygen atoms in total. The van der Waals surface area contributed by atoms with Crippen LogP contribution in [0.2, 0.25) is 5.02 Å². The van der Waals surface area contributed by atoms with Crippen molar-refractivity contribution in [2.45, 2.75) is 50.4 Å². The maximum atomic E-state index is 14.2. The van der Waals surface area contributed by atoms with Crippen molar-refractivity contribution >= 4 is 29.3 Å². The molecule has 0 N–H and O–H groups in total. The zero-order chi connectivity index (χ0) is 37.3. The van der Waals surface area contributed by atoms with Gasteiger partial charge in [0.1, 0.15) is 12.4 Å². The fourth-order valence-electron chi connectivity index (χ4n) is 5.64. The first-order valence-corrected chi connectivity index (χ1v) is 18.3. The van der Waals surface area contributed by atoms with Crippen LogP contribution in [0.15, 0.2) is 113 Å². The lowest BCUT2D eigenvalue weighted by Crippen LogP contribution is -2.40. The molecule has 12 heteroatoms. The lowest BCUT2D eigenvalue weighted by Gasteiger charge is -2.27. The molecule has 0 radical (unpaired) electrons. The summed E-state index contributed by atoms with van der Waals surface area (Å²) in [6.07, 6.45) is -2.41. The molecule has 5 rings (SSSR count). The summed E-state index contributed by atoms with van der Waals surface area (Å²) in [5.74, 6) is -0.112. The molecule has 5 aromatic rings. The fraction of sp³-hybridized carbons (Fsp3) is 0.275. The Morgan fingerprint density at radius 3 is 1.98 bits per heavy atom. The van der Waals surface area contributed by atoms with E-state index in [1.54, 1.807) is 39.9 Å². The number of carbonyl (C=O) groups is 1. The molecular weight excluding hydrogens is 712 g/mol. The fourth-order valence-corrected chi connectivity index (χ4v) is 6.68. The normalized spacial score (nSPS) is 11.6. The van der Waals surface area contributed by atoms with Gasteiger partial charge < -0.3 is 14.4 Å². The van der Waals surface area contributed by atoms with E-state index in [1.165, 1.54) is 36.0 Å². The molecule has 1 heterocycles. The van der Waals surface area contributed by atoms with Crippen LogP contribution >= 0.6 is 23.4 Å². The van der Waals surface area contributed by atoms with Gasteiger partial charge in [-0.05, 0) is 77.3 Å². The number of thioether (sulfide) groups is 1. The van der Waals surface area contributed by atoms with Gasteiger partial charge in [0, 0.05) is 48.6 Å². The molecule has 0 fully saturated rings. The number of halogens is 5. The highest BCUT2D eigenvalue weighted by Gasteiger charge is 2.30. The molecule has 0 atom stereocenters. The van der Waals surface area contributed by atoms with Crippen LogP contribution in [0, 0.1) is 5.82 Å². The Hall–Kier alpha value is -4.45. The van der Waals surface area contributed by atoms with Crippen LogP contribution in [0.25, 0.3) is 11.1 Å². The smallest absolute Gasteiger partial charge is 0.336 e. The number of alkyl halides is 3. The molecule has 1 amide bonds. The van der Waals surface area contributed by atoms with Gasteiger partial charge in [-0.25, -0.2) is 4.39 Å². The van der Waals surface area contributed by atoms with Crippen LogP contribution in [-0.2, 0) is 36.2 Å². The van der Waals surface area contributed by atoms with Crippen LogP contribution in [0.4, 0.5) is 17.6 Å². The Kier molecular flexibility index (Phi) is 13.3. The first-order valence-electron chi connectivity index (χ1n) is 16.9. The zero-order valence-corrected chi connectivity index (χ0v) is 30.4. The molecule has 0 aliphatic heterocycles. The van der Waals surface area contributed by atoms with Gasteiger partial charge in [-0.15, -0.1) is 0 Å². The van der Waals surface area contributed by atoms with E-state index in [0.717, 1.165) is 47.5 Å². The van der Waals surface area contributed by atoms with Crippen molar-refractivity contribution < 1.29 is 22.4 Å². The Morgan fingerprint density at radius 1 is 0.808 bits per heavy atom. The standard InChI is InChI=1S/C40H39ClF4N4O2S/c1-3-47(4-2)21-22-48(24-29-5-11-31(12-6-29)32-13-15-34(16-14-32)40(43,44)45)37(50)26-49-25-33(23-28-7-17-35(41)18-8-28)38(51)46-39(49)52-27-30-9-19-36(42)20-10-30/h5-20,25H,3-4,21-24,26-27H2,1-2H3. The van der Waals surface area contributed by atoms with E-state index >= 15 is 0 Å². The summed E-state index contributed by atoms with van der Waals surface area (Å²) in [5.41, 5.74) is 3.30. The van der Waals surface area contributed by atoms with Crippen molar-refractivity contribution in [3.05, 3.63) is 152 Å². The molecule has 52 heavy (non-hydrogen) atoms. The Morgan fingerprint density at radius 2 is 1.38 bits per heavy atom. The van der Waals surface area contributed by atoms with Gasteiger partial charge in [0.2, 0.25) is 5.91 Å². The van der Waals surface area contributed by atoms with E-state index in [-0.39, 0.29) is 18.3 Å². The number of hydrogen-bond acceptors (Lipinski definition) is 5. The highest BCUT2D eigenvalue weighted by atomic mass is 35.5. The van der Waals surface area contributed by atoms with Gasteiger partial charge in [-0.1, -0.05) is 97.9 Å². The lowest BCUT2D eigenvalue weighted by molar-refractivity contribution is -0.137. The minimum atomic E-state index is -4.41. The zero-order valence-electron chi connectivity index (χ0n) is 28.9. The minimum Gasteiger partial charge on any atom is -0.336 e. The number of hydrogen-bond donors (Lipinski definition) is 0. The van der Waals surface area contributed by atoms with Gasteiger partial charge in [-0.3, -0.25) is 9.59 Å². The van der Waals surface area contributed by atoms with E-state index in [4.69, 9.17) is 11.6 Å². The third-order valence-corrected chi connectivity index (χ3v) is 10.0. The minimum absolute atomic E-state index is 0.0749. The predicted molar refractivity (Wildman–Crippen MR) is 199 cm³/mol. The summed E-state index contributed by atoms with van der Waals surface area (Å²) in [4.78, 5) is 35.8. The van der Waals surface area contributed by atoms with Crippen molar-refractivity contribution in [3.8, 4) is 11.1 Å². The van der Waals surface area contributed by atoms with Crippen LogP contribution in [0.5, 0.6) is 0 Å². The number of benzene rings is 4. The molecule has 4 aromatic carbocycles. The van der Waals surface area contributed by atoms with Crippen molar-refractivity contribution in [3.63, 3.8) is 0 Å². The topological polar surface area (TPSA) is 58.4 Å². The first kappa shape index (κ1) is 38.8. The second kappa shape index (κ2) is 17.9. The average molecular weight is 751 g/mol. The number of aromatic nitrogens is 2. The maximum Gasteiger partial charge on any atom is 0.416 e. The quantitative estimate of drug-likeness (QED) is 0.0608. The van der Waals surface area contributed by atoms with E-state index in [2.05, 4.69) is 23.7 Å². The summed E-state index contributed by atoms with van der Waals surface area (Å²) in [6, 6.07) is 25.7. The Labute approximate surface area is 310 Å². The van der Waals surface area contributed by atoms with E-state index in [1.807, 2.05) is 36.4 Å². The van der Waals surface area contributed by atoms with E-state index < -0.39 is 17.3 Å². The SMILES string of the molecule is CCN(CC)CCN(Cc1ccc(-c2ccc(C(F)(F)F)cc2)cc1)C(=O)Cn1cc(Cc2ccc(Cl)cc2)c(=O)nc1SCc1ccc(F)cc1. The Bertz CT molecular complexity index is 1980. The van der Waals surface area contributed by atoms with Crippen molar-refractivity contribution in [2.24, 2.45) is 0 Å². The molecule has 1 aromatic heterocycles. The molecule has 0 aliphatic rings. The molecule has 0 aliphatic carbocycles. The molecular formula is C40H39ClF4N4O2S. The molecule has 0 unspecified atom stereocenters. The summed E-state index contributed by atoms with van der Waals surface area (Å²) in [5, 5.41) is 0.948. The first-order chi connectivity index (χ1) is 24.9. The van der Waals surface area contributed by atoms with Crippen molar-refractivity contribution in [1.82, 2.24) is 19.4 Å². The Balaban J connectivity index is 1.40. The second-order valence-electron chi connectivity index (χ2n) is 12.3. The van der Waals surface area contributed by atoms with Crippen molar-refractivity contribution in [2.75, 3.05) is 26.2 Å². The molecule has 0 spiro atoms. The van der Waals surface area contributed by atoms with Gasteiger partial charge in [0.05, 0.1) is 5.56 Å². The van der Waals surface area contributed by atoms with Crippen LogP contribution in [0.1, 0.15) is 41.7 Å². The van der Waals surface area contributed by atoms with Crippen LogP contribution in [-0.4, -0.2) is 51.4 Å². The third-order valence-electron chi connectivity index (χ3n) is 8.73. The predicted octanol–water partition coefficient (Wildman–Crippen LogP) is 8.98. The monoisotopic (exact) mass is 750 g/mol. The molecule has 0 bridgehead atoms. The van der Waals surface area contributed by atoms with Gasteiger partial charge in [0.15, 0.2) is 5.16 Å². The van der Waals surface area contributed by atoms with Crippen LogP contribution < -0.4 is 5.56 Å². The lowest BCUT2D eigenvalue weighted by atomic mass is 10.0. The van der Waals surface area contributed by atoms with Gasteiger partial charge >= 0.3 is 6.18 Å². The summed E-state index contributed by atoms with van der Waals surface area (Å²) in [6.45, 7) is 7.10. The van der Waals surface area contributed by atoms with Gasteiger partial charge in [0.25, 0.3) is 5.56 Å². The number of nitrogens with zero attached hydrogens (tertiary/aromatic N) is 4. The number of likely N-dealkylation sites (N-methyl/N-ethyl adjacent to an activating group) is 1. The summed E-state index contributed by atoms with van der Waals surface area (Å²) in [7, 11) is 0. The highest BCUT2D eigenvalue weighted by molar-refractivity contribution is 7.98. The second-order valence-corrected chi connectivity index (χ2v) is 13.7. The third kappa shape index (κ3) is 10.8. The number of carbonyl (C=O) groups excluding carboxylic acids is 1. The molecule has 0 saturated heterocycles. The van der Waals surface area contributed by atoms with E-state index in [9.17, 15) is 27.2 Å². The highest BCUT2D eigenvalue weighted by Crippen LogP contribution is 2.31. The maximum absolute atomic E-state index is 14.2. The summed E-state index contributed by atoms with van der Waals surface area (Å²) < 4.78 is 54.5. The van der Waals surface area contributed by atoms with Crippen molar-refractivity contribution in [1.29, 1.82) is 0 Å². The number of rotatable bonds is 15. The molecule has 272 valence electrons. The van der Waals surface area contributed by atoms with Gasteiger partial charge in [-0.2, -0.15) is 18.2 Å².